The summed E-state index contributed by atoms with van der Waals surface area (Å²) in [6.07, 6.45) is 1.17. The van der Waals surface area contributed by atoms with Gasteiger partial charge < -0.3 is 15.4 Å². The quantitative estimate of drug-likeness (QED) is 0.814. The highest BCUT2D eigenvalue weighted by molar-refractivity contribution is 5.92. The van der Waals surface area contributed by atoms with Crippen molar-refractivity contribution < 1.29 is 9.53 Å². The third kappa shape index (κ3) is 3.46. The molecule has 4 heteroatoms. The number of nitrogens with one attached hydrogen (secondary N) is 2. The second kappa shape index (κ2) is 5.19. The Hall–Kier alpha value is -1.55. The highest BCUT2D eigenvalue weighted by Gasteiger charge is 2.32. The van der Waals surface area contributed by atoms with Crippen LogP contribution in [0.2, 0.25) is 0 Å². The van der Waals surface area contributed by atoms with Crippen LogP contribution < -0.4 is 15.4 Å². The molecule has 0 heterocycles. The fraction of sp³-hybridized carbons (Fsp3) is 0.462. The van der Waals surface area contributed by atoms with Crippen molar-refractivity contribution in [2.75, 3.05) is 19.0 Å². The Morgan fingerprint density at radius 1 is 1.53 bits per heavy atom. The van der Waals surface area contributed by atoms with Gasteiger partial charge in [-0.3, -0.25) is 4.79 Å². The summed E-state index contributed by atoms with van der Waals surface area (Å²) in [5.74, 6) is 1.43. The third-order valence-electron chi connectivity index (χ3n) is 2.99. The zero-order chi connectivity index (χ0) is 12.3. The van der Waals surface area contributed by atoms with Crippen LogP contribution in [0.4, 0.5) is 5.69 Å². The van der Waals surface area contributed by atoms with Crippen LogP contribution in [0.5, 0.6) is 5.75 Å². The SMILES string of the molecule is COc1cccc(NC(=O)CNC2CC2C)c1. The van der Waals surface area contributed by atoms with E-state index in [9.17, 15) is 4.79 Å². The van der Waals surface area contributed by atoms with Gasteiger partial charge in [-0.25, -0.2) is 0 Å². The van der Waals surface area contributed by atoms with Crippen molar-refractivity contribution in [1.82, 2.24) is 5.32 Å². The van der Waals surface area contributed by atoms with Crippen LogP contribution in [0.15, 0.2) is 24.3 Å². The average Bonchev–Trinajstić information content (AvgIpc) is 3.03. The molecule has 92 valence electrons. The van der Waals surface area contributed by atoms with E-state index in [4.69, 9.17) is 4.74 Å². The largest absolute Gasteiger partial charge is 0.497 e. The van der Waals surface area contributed by atoms with Crippen molar-refractivity contribution in [3.63, 3.8) is 0 Å². The summed E-state index contributed by atoms with van der Waals surface area (Å²) in [5, 5.41) is 6.04. The Kier molecular flexibility index (Phi) is 3.64. The lowest BCUT2D eigenvalue weighted by Gasteiger charge is -2.07. The molecule has 0 radical (unpaired) electrons. The third-order valence-corrected chi connectivity index (χ3v) is 2.99. The molecule has 1 aromatic carbocycles. The fourth-order valence-electron chi connectivity index (χ4n) is 1.74. The summed E-state index contributed by atoms with van der Waals surface area (Å²) in [6.45, 7) is 2.55. The molecule has 0 saturated heterocycles. The lowest BCUT2D eigenvalue weighted by Crippen LogP contribution is -2.30. The van der Waals surface area contributed by atoms with E-state index in [-0.39, 0.29) is 5.91 Å². The minimum atomic E-state index is -0.0163. The summed E-state index contributed by atoms with van der Waals surface area (Å²) in [4.78, 5) is 11.6. The van der Waals surface area contributed by atoms with E-state index in [1.54, 1.807) is 13.2 Å². The molecule has 2 unspecified atom stereocenters. The van der Waals surface area contributed by atoms with Gasteiger partial charge in [0.2, 0.25) is 5.91 Å². The number of rotatable bonds is 5. The maximum absolute atomic E-state index is 11.6. The van der Waals surface area contributed by atoms with Gasteiger partial charge in [0.15, 0.2) is 0 Å². The van der Waals surface area contributed by atoms with Crippen LogP contribution in [0.25, 0.3) is 0 Å². The Bertz CT molecular complexity index is 406. The summed E-state index contributed by atoms with van der Waals surface area (Å²) in [6, 6.07) is 7.87. The molecule has 0 bridgehead atoms. The number of anilines is 1. The van der Waals surface area contributed by atoms with Crippen LogP contribution in [0, 0.1) is 5.92 Å². The number of hydrogen-bond acceptors (Lipinski definition) is 3. The number of benzene rings is 1. The van der Waals surface area contributed by atoms with Gasteiger partial charge in [0.05, 0.1) is 13.7 Å². The molecule has 17 heavy (non-hydrogen) atoms. The molecule has 0 aromatic heterocycles. The van der Waals surface area contributed by atoms with Gasteiger partial charge in [-0.05, 0) is 24.5 Å². The first-order valence-corrected chi connectivity index (χ1v) is 5.86. The standard InChI is InChI=1S/C13H18N2O2/c1-9-6-12(9)14-8-13(16)15-10-4-3-5-11(7-10)17-2/h3-5,7,9,12,14H,6,8H2,1-2H3,(H,15,16). The maximum atomic E-state index is 11.6. The smallest absolute Gasteiger partial charge is 0.238 e. The minimum absolute atomic E-state index is 0.0163. The summed E-state index contributed by atoms with van der Waals surface area (Å²) in [5.41, 5.74) is 0.764. The van der Waals surface area contributed by atoms with Crippen LogP contribution in [-0.2, 0) is 4.79 Å². The Balaban J connectivity index is 1.80. The first kappa shape index (κ1) is 11.9. The second-order valence-electron chi connectivity index (χ2n) is 4.48. The number of ether oxygens (including phenoxy) is 1. The molecule has 4 nitrogen and oxygen atoms in total. The first-order valence-electron chi connectivity index (χ1n) is 5.86. The van der Waals surface area contributed by atoms with Crippen LogP contribution >= 0.6 is 0 Å². The number of carbonyl (C=O) groups excluding carboxylic acids is 1. The molecular formula is C13H18N2O2. The summed E-state index contributed by atoms with van der Waals surface area (Å²) >= 11 is 0. The molecule has 1 aromatic rings. The summed E-state index contributed by atoms with van der Waals surface area (Å²) < 4.78 is 5.09. The van der Waals surface area contributed by atoms with Gasteiger partial charge in [-0.1, -0.05) is 13.0 Å². The van der Waals surface area contributed by atoms with Crippen molar-refractivity contribution in [1.29, 1.82) is 0 Å². The molecule has 2 atom stereocenters. The van der Waals surface area contributed by atoms with Crippen molar-refractivity contribution in [3.05, 3.63) is 24.3 Å². The lowest BCUT2D eigenvalue weighted by atomic mass is 10.3. The number of amides is 1. The van der Waals surface area contributed by atoms with Crippen molar-refractivity contribution >= 4 is 11.6 Å². The van der Waals surface area contributed by atoms with Crippen molar-refractivity contribution in [2.45, 2.75) is 19.4 Å². The molecule has 1 amide bonds. The molecule has 1 aliphatic rings. The predicted octanol–water partition coefficient (Wildman–Crippen LogP) is 1.63. The van der Waals surface area contributed by atoms with E-state index >= 15 is 0 Å². The number of methoxy groups -OCH3 is 1. The number of carbonyl (C=O) groups is 1. The van der Waals surface area contributed by atoms with Gasteiger partial charge in [0.25, 0.3) is 0 Å². The highest BCUT2D eigenvalue weighted by atomic mass is 16.5. The second-order valence-corrected chi connectivity index (χ2v) is 4.48. The van der Waals surface area contributed by atoms with E-state index in [2.05, 4.69) is 17.6 Å². The molecule has 1 saturated carbocycles. The van der Waals surface area contributed by atoms with E-state index in [0.717, 1.165) is 11.4 Å². The Labute approximate surface area is 101 Å². The van der Waals surface area contributed by atoms with Gasteiger partial charge in [-0.2, -0.15) is 0 Å². The van der Waals surface area contributed by atoms with E-state index in [1.807, 2.05) is 18.2 Å². The lowest BCUT2D eigenvalue weighted by molar-refractivity contribution is -0.115. The van der Waals surface area contributed by atoms with Gasteiger partial charge in [0.1, 0.15) is 5.75 Å². The first-order chi connectivity index (χ1) is 8.19. The van der Waals surface area contributed by atoms with E-state index in [0.29, 0.717) is 18.5 Å². The Morgan fingerprint density at radius 3 is 2.94 bits per heavy atom. The van der Waals surface area contributed by atoms with Crippen LogP contribution in [0.3, 0.4) is 0 Å². The average molecular weight is 234 g/mol. The molecule has 0 spiro atoms. The number of hydrogen-bond donors (Lipinski definition) is 2. The zero-order valence-corrected chi connectivity index (χ0v) is 10.2. The van der Waals surface area contributed by atoms with Gasteiger partial charge in [-0.15, -0.1) is 0 Å². The monoisotopic (exact) mass is 234 g/mol. The van der Waals surface area contributed by atoms with Crippen molar-refractivity contribution in [3.8, 4) is 5.75 Å². The summed E-state index contributed by atoms with van der Waals surface area (Å²) in [7, 11) is 1.61. The van der Waals surface area contributed by atoms with Crippen LogP contribution in [-0.4, -0.2) is 25.6 Å². The molecule has 0 aliphatic heterocycles. The zero-order valence-electron chi connectivity index (χ0n) is 10.2. The van der Waals surface area contributed by atoms with Gasteiger partial charge in [0, 0.05) is 17.8 Å². The molecule has 1 aliphatic carbocycles. The fourth-order valence-corrected chi connectivity index (χ4v) is 1.74. The molecule has 1 fully saturated rings. The Morgan fingerprint density at radius 2 is 2.29 bits per heavy atom. The normalized spacial score (nSPS) is 22.0. The van der Waals surface area contributed by atoms with Gasteiger partial charge >= 0.3 is 0 Å². The van der Waals surface area contributed by atoms with Crippen molar-refractivity contribution in [2.24, 2.45) is 5.92 Å². The maximum Gasteiger partial charge on any atom is 0.238 e. The van der Waals surface area contributed by atoms with E-state index in [1.165, 1.54) is 6.42 Å². The topological polar surface area (TPSA) is 50.4 Å². The highest BCUT2D eigenvalue weighted by Crippen LogP contribution is 2.28. The van der Waals surface area contributed by atoms with E-state index < -0.39 is 0 Å². The van der Waals surface area contributed by atoms with Crippen LogP contribution in [0.1, 0.15) is 13.3 Å². The molecular weight excluding hydrogens is 216 g/mol. The molecule has 2 N–H and O–H groups in total. The predicted molar refractivity (Wildman–Crippen MR) is 67.2 cm³/mol. The minimum Gasteiger partial charge on any atom is -0.497 e. The molecule has 2 rings (SSSR count).